The first-order valence-electron chi connectivity index (χ1n) is 9.91. The molecule has 31 heavy (non-hydrogen) atoms. The summed E-state index contributed by atoms with van der Waals surface area (Å²) < 4.78 is 51.4. The molecule has 1 saturated heterocycles. The minimum absolute atomic E-state index is 0. The van der Waals surface area contributed by atoms with Gasteiger partial charge < -0.3 is 14.8 Å². The number of hydrogen-bond donors (Lipinski definition) is 1. The molecule has 0 radical (unpaired) electrons. The van der Waals surface area contributed by atoms with E-state index in [4.69, 9.17) is 9.47 Å². The van der Waals surface area contributed by atoms with Crippen molar-refractivity contribution in [3.05, 3.63) is 59.7 Å². The van der Waals surface area contributed by atoms with Crippen molar-refractivity contribution in [3.63, 3.8) is 0 Å². The molecule has 0 saturated carbocycles. The number of benzene rings is 2. The van der Waals surface area contributed by atoms with Crippen molar-refractivity contribution in [2.75, 3.05) is 32.8 Å². The Labute approximate surface area is 193 Å². The highest BCUT2D eigenvalue weighted by molar-refractivity contribution is 5.85. The lowest BCUT2D eigenvalue weighted by Crippen LogP contribution is -2.46. The van der Waals surface area contributed by atoms with Gasteiger partial charge in [0, 0.05) is 32.2 Å². The van der Waals surface area contributed by atoms with Crippen molar-refractivity contribution in [2.24, 2.45) is 0 Å². The molecule has 1 atom stereocenters. The summed E-state index contributed by atoms with van der Waals surface area (Å²) in [5.41, 5.74) is 1.61. The summed E-state index contributed by atoms with van der Waals surface area (Å²) in [6, 6.07) is 14.1. The zero-order valence-electron chi connectivity index (χ0n) is 17.4. The highest BCUT2D eigenvalue weighted by Gasteiger charge is 2.36. The standard InChI is InChI=1S/C22H27F3N2O2.2ClH/c1-2-28-21-14-18(8-9-20(21)29-16-17-6-4-3-5-7-17)19(15-22(23,24)25)27-12-10-26-11-13-27;;/h3-9,14,19,26H,2,10-13,15-16H2,1H3;2*1H/t19-;;/m0../s1. The van der Waals surface area contributed by atoms with Crippen LogP contribution in [-0.2, 0) is 6.61 Å². The predicted octanol–water partition coefficient (Wildman–Crippen LogP) is 5.41. The maximum Gasteiger partial charge on any atom is 0.390 e. The molecule has 0 amide bonds. The SMILES string of the molecule is CCOc1cc([C@H](CC(F)(F)F)N2CCNCC2)ccc1OCc1ccccc1.Cl.Cl. The molecule has 9 heteroatoms. The van der Waals surface area contributed by atoms with E-state index in [0.717, 1.165) is 5.56 Å². The van der Waals surface area contributed by atoms with Gasteiger partial charge >= 0.3 is 6.18 Å². The molecule has 0 spiro atoms. The van der Waals surface area contributed by atoms with E-state index in [1.54, 1.807) is 18.2 Å². The number of rotatable bonds is 8. The van der Waals surface area contributed by atoms with Crippen molar-refractivity contribution in [2.45, 2.75) is 32.2 Å². The van der Waals surface area contributed by atoms with Crippen LogP contribution in [0.5, 0.6) is 11.5 Å². The van der Waals surface area contributed by atoms with Gasteiger partial charge in [0.05, 0.1) is 13.0 Å². The first-order chi connectivity index (χ1) is 14.0. The van der Waals surface area contributed by atoms with Crippen LogP contribution in [0.25, 0.3) is 0 Å². The molecule has 1 N–H and O–H groups in total. The zero-order chi connectivity index (χ0) is 20.7. The zero-order valence-corrected chi connectivity index (χ0v) is 19.0. The highest BCUT2D eigenvalue weighted by atomic mass is 35.5. The summed E-state index contributed by atoms with van der Waals surface area (Å²) in [5.74, 6) is 1.01. The number of piperazine rings is 1. The lowest BCUT2D eigenvalue weighted by Gasteiger charge is -2.36. The van der Waals surface area contributed by atoms with Crippen LogP contribution in [0.15, 0.2) is 48.5 Å². The third-order valence-corrected chi connectivity index (χ3v) is 4.91. The number of nitrogens with one attached hydrogen (secondary N) is 1. The van der Waals surface area contributed by atoms with Crippen LogP contribution in [0, 0.1) is 0 Å². The maximum absolute atomic E-state index is 13.3. The van der Waals surface area contributed by atoms with Crippen molar-refractivity contribution in [1.82, 2.24) is 10.2 Å². The molecule has 0 aliphatic carbocycles. The fraction of sp³-hybridized carbons (Fsp3) is 0.455. The number of halogens is 5. The quantitative estimate of drug-likeness (QED) is 0.547. The van der Waals surface area contributed by atoms with Crippen LogP contribution in [0.1, 0.15) is 30.5 Å². The van der Waals surface area contributed by atoms with E-state index in [1.165, 1.54) is 0 Å². The van der Waals surface area contributed by atoms with Gasteiger partial charge in [-0.05, 0) is 30.2 Å². The van der Waals surface area contributed by atoms with E-state index in [1.807, 2.05) is 42.2 Å². The molecule has 4 nitrogen and oxygen atoms in total. The van der Waals surface area contributed by atoms with Crippen molar-refractivity contribution >= 4 is 24.8 Å². The van der Waals surface area contributed by atoms with E-state index in [2.05, 4.69) is 5.32 Å². The highest BCUT2D eigenvalue weighted by Crippen LogP contribution is 2.38. The third kappa shape index (κ3) is 8.41. The second-order valence-electron chi connectivity index (χ2n) is 7.03. The van der Waals surface area contributed by atoms with E-state index < -0.39 is 18.6 Å². The smallest absolute Gasteiger partial charge is 0.390 e. The van der Waals surface area contributed by atoms with Crippen molar-refractivity contribution in [3.8, 4) is 11.5 Å². The second-order valence-corrected chi connectivity index (χ2v) is 7.03. The Morgan fingerprint density at radius 1 is 0.968 bits per heavy atom. The maximum atomic E-state index is 13.3. The molecule has 1 aliphatic rings. The molecule has 0 unspecified atom stereocenters. The molecular weight excluding hydrogens is 452 g/mol. The van der Waals surface area contributed by atoms with Gasteiger partial charge in [-0.1, -0.05) is 36.4 Å². The minimum atomic E-state index is -4.25. The van der Waals surface area contributed by atoms with E-state index in [9.17, 15) is 13.2 Å². The molecule has 2 aromatic carbocycles. The van der Waals surface area contributed by atoms with Crippen LogP contribution in [-0.4, -0.2) is 43.9 Å². The Morgan fingerprint density at radius 3 is 2.26 bits per heavy atom. The normalized spacial score (nSPS) is 15.4. The Bertz CT molecular complexity index is 773. The van der Waals surface area contributed by atoms with Gasteiger partial charge in [-0.15, -0.1) is 24.8 Å². The summed E-state index contributed by atoms with van der Waals surface area (Å²) in [4.78, 5) is 1.89. The minimum Gasteiger partial charge on any atom is -0.490 e. The van der Waals surface area contributed by atoms with Gasteiger partial charge in [-0.3, -0.25) is 4.90 Å². The molecule has 1 heterocycles. The first-order valence-corrected chi connectivity index (χ1v) is 9.91. The summed E-state index contributed by atoms with van der Waals surface area (Å²) in [6.45, 7) is 5.15. The van der Waals surface area contributed by atoms with Gasteiger partial charge in [-0.2, -0.15) is 13.2 Å². The van der Waals surface area contributed by atoms with Crippen molar-refractivity contribution in [1.29, 1.82) is 0 Å². The Morgan fingerprint density at radius 2 is 1.65 bits per heavy atom. The number of hydrogen-bond acceptors (Lipinski definition) is 4. The molecular formula is C22H29Cl2F3N2O2. The van der Waals surface area contributed by atoms with Crippen molar-refractivity contribution < 1.29 is 22.6 Å². The largest absolute Gasteiger partial charge is 0.490 e. The van der Waals surface area contributed by atoms with Crippen LogP contribution >= 0.6 is 24.8 Å². The molecule has 0 bridgehead atoms. The average molecular weight is 481 g/mol. The number of ether oxygens (including phenoxy) is 2. The van der Waals surface area contributed by atoms with E-state index >= 15 is 0 Å². The lowest BCUT2D eigenvalue weighted by molar-refractivity contribution is -0.148. The Balaban J connectivity index is 0.00000240. The Hall–Kier alpha value is -1.67. The number of nitrogens with zero attached hydrogens (tertiary/aromatic N) is 1. The summed E-state index contributed by atoms with van der Waals surface area (Å²) in [6.07, 6.45) is -5.13. The van der Waals surface area contributed by atoms with Gasteiger partial charge in [0.2, 0.25) is 0 Å². The molecule has 174 valence electrons. The molecule has 2 aromatic rings. The summed E-state index contributed by atoms with van der Waals surface area (Å²) >= 11 is 0. The molecule has 1 aliphatic heterocycles. The van der Waals surface area contributed by atoms with E-state index in [-0.39, 0.29) is 24.8 Å². The summed E-state index contributed by atoms with van der Waals surface area (Å²) in [7, 11) is 0. The van der Waals surface area contributed by atoms with Crippen LogP contribution in [0.4, 0.5) is 13.2 Å². The fourth-order valence-electron chi connectivity index (χ4n) is 3.53. The Kier molecular flexibility index (Phi) is 11.5. The first kappa shape index (κ1) is 27.4. The van der Waals surface area contributed by atoms with Gasteiger partial charge in [0.25, 0.3) is 0 Å². The van der Waals surface area contributed by atoms with Crippen LogP contribution < -0.4 is 14.8 Å². The van der Waals surface area contributed by atoms with Gasteiger partial charge in [-0.25, -0.2) is 0 Å². The third-order valence-electron chi connectivity index (χ3n) is 4.91. The summed E-state index contributed by atoms with van der Waals surface area (Å²) in [5, 5.41) is 3.19. The van der Waals surface area contributed by atoms with Crippen LogP contribution in [0.2, 0.25) is 0 Å². The lowest BCUT2D eigenvalue weighted by atomic mass is 10.00. The average Bonchev–Trinajstić information content (AvgIpc) is 2.72. The van der Waals surface area contributed by atoms with E-state index in [0.29, 0.717) is 56.5 Å². The van der Waals surface area contributed by atoms with Gasteiger partial charge in [0.1, 0.15) is 6.61 Å². The molecule has 3 rings (SSSR count). The topological polar surface area (TPSA) is 33.7 Å². The number of alkyl halides is 3. The monoisotopic (exact) mass is 480 g/mol. The van der Waals surface area contributed by atoms with Gasteiger partial charge in [0.15, 0.2) is 11.5 Å². The van der Waals surface area contributed by atoms with Crippen LogP contribution in [0.3, 0.4) is 0 Å². The predicted molar refractivity (Wildman–Crippen MR) is 121 cm³/mol. The fourth-order valence-corrected chi connectivity index (χ4v) is 3.53. The second kappa shape index (κ2) is 13.0. The molecule has 0 aromatic heterocycles. The molecule has 1 fully saturated rings.